The fourth-order valence-corrected chi connectivity index (χ4v) is 1.59. The highest BCUT2D eigenvalue weighted by atomic mass is 32.2. The van der Waals surface area contributed by atoms with Crippen molar-refractivity contribution in [1.82, 2.24) is 20.2 Å². The Bertz CT molecular complexity index is 317. The van der Waals surface area contributed by atoms with Crippen LogP contribution in [0.4, 0.5) is 0 Å². The molecule has 8 heteroatoms. The molecule has 1 aromatic heterocycles. The Morgan fingerprint density at radius 1 is 1.67 bits per heavy atom. The van der Waals surface area contributed by atoms with E-state index >= 15 is 0 Å². The number of nitrogens with zero attached hydrogens (tertiary/aromatic N) is 4. The molecule has 0 amide bonds. The molecule has 1 rings (SSSR count). The second-order valence-corrected chi connectivity index (χ2v) is 3.62. The van der Waals surface area contributed by atoms with E-state index in [4.69, 9.17) is 9.84 Å². The van der Waals surface area contributed by atoms with E-state index < -0.39 is 5.97 Å². The van der Waals surface area contributed by atoms with E-state index in [9.17, 15) is 4.79 Å². The van der Waals surface area contributed by atoms with Crippen LogP contribution in [0.1, 0.15) is 6.92 Å². The van der Waals surface area contributed by atoms with Crippen molar-refractivity contribution in [1.29, 1.82) is 0 Å². The first-order valence-electron chi connectivity index (χ1n) is 4.42. The molecule has 0 aliphatic carbocycles. The second-order valence-electron chi connectivity index (χ2n) is 2.56. The normalized spacial score (nSPS) is 10.5. The van der Waals surface area contributed by atoms with E-state index in [1.54, 1.807) is 0 Å². The van der Waals surface area contributed by atoms with Gasteiger partial charge in [0.1, 0.15) is 6.54 Å². The third-order valence-corrected chi connectivity index (χ3v) is 2.37. The maximum Gasteiger partial charge on any atom is 0.325 e. The lowest BCUT2D eigenvalue weighted by molar-refractivity contribution is -0.138. The quantitative estimate of drug-likeness (QED) is 0.518. The summed E-state index contributed by atoms with van der Waals surface area (Å²) in [6.45, 7) is 2.96. The van der Waals surface area contributed by atoms with Gasteiger partial charge in [-0.25, -0.2) is 4.68 Å². The van der Waals surface area contributed by atoms with Crippen LogP contribution in [0.5, 0.6) is 0 Å². The molecule has 0 radical (unpaired) electrons. The number of carboxylic acids is 1. The minimum absolute atomic E-state index is 0.218. The molecule has 1 aromatic rings. The molecule has 0 aliphatic rings. The van der Waals surface area contributed by atoms with Crippen LogP contribution in [0.15, 0.2) is 5.16 Å². The number of rotatable bonds is 7. The van der Waals surface area contributed by atoms with Gasteiger partial charge >= 0.3 is 5.97 Å². The van der Waals surface area contributed by atoms with Crippen molar-refractivity contribution in [3.63, 3.8) is 0 Å². The Hall–Kier alpha value is -1.15. The molecular weight excluding hydrogens is 220 g/mol. The highest BCUT2D eigenvalue weighted by Crippen LogP contribution is 2.12. The largest absolute Gasteiger partial charge is 0.480 e. The predicted molar refractivity (Wildman–Crippen MR) is 52.7 cm³/mol. The smallest absolute Gasteiger partial charge is 0.325 e. The number of hydrogen-bond acceptors (Lipinski definition) is 6. The summed E-state index contributed by atoms with van der Waals surface area (Å²) >= 11 is 1.37. The molecule has 0 unspecified atom stereocenters. The lowest BCUT2D eigenvalue weighted by Crippen LogP contribution is -2.11. The third-order valence-electron chi connectivity index (χ3n) is 1.45. The summed E-state index contributed by atoms with van der Waals surface area (Å²) < 4.78 is 6.39. The Labute approximate surface area is 90.8 Å². The van der Waals surface area contributed by atoms with E-state index in [2.05, 4.69) is 15.5 Å². The zero-order valence-corrected chi connectivity index (χ0v) is 9.11. The summed E-state index contributed by atoms with van der Waals surface area (Å²) in [7, 11) is 0. The molecule has 0 bridgehead atoms. The van der Waals surface area contributed by atoms with Gasteiger partial charge in [0.05, 0.1) is 6.61 Å². The van der Waals surface area contributed by atoms with Crippen molar-refractivity contribution in [2.24, 2.45) is 0 Å². The molecule has 0 spiro atoms. The first-order chi connectivity index (χ1) is 7.24. The van der Waals surface area contributed by atoms with Gasteiger partial charge in [-0.1, -0.05) is 11.8 Å². The zero-order valence-electron chi connectivity index (χ0n) is 8.29. The van der Waals surface area contributed by atoms with Gasteiger partial charge in [-0.3, -0.25) is 4.79 Å². The topological polar surface area (TPSA) is 90.1 Å². The molecular formula is C7H12N4O3S. The number of carbonyl (C=O) groups is 1. The maximum atomic E-state index is 10.4. The fraction of sp³-hybridized carbons (Fsp3) is 0.714. The van der Waals surface area contributed by atoms with Crippen LogP contribution in [0.25, 0.3) is 0 Å². The van der Waals surface area contributed by atoms with Gasteiger partial charge in [-0.05, 0) is 17.4 Å². The average Bonchev–Trinajstić information content (AvgIpc) is 2.59. The van der Waals surface area contributed by atoms with Crippen molar-refractivity contribution in [2.45, 2.75) is 18.6 Å². The van der Waals surface area contributed by atoms with Gasteiger partial charge in [0, 0.05) is 12.4 Å². The van der Waals surface area contributed by atoms with Gasteiger partial charge in [-0.2, -0.15) is 0 Å². The van der Waals surface area contributed by atoms with Crippen molar-refractivity contribution in [3.05, 3.63) is 0 Å². The summed E-state index contributed by atoms with van der Waals surface area (Å²) in [5.41, 5.74) is 0. The van der Waals surface area contributed by atoms with Gasteiger partial charge < -0.3 is 9.84 Å². The summed E-state index contributed by atoms with van der Waals surface area (Å²) in [5, 5.41) is 19.8. The standard InChI is InChI=1S/C7H12N4O3S/c1-2-14-3-4-15-7-8-9-10-11(7)5-6(12)13/h2-5H2,1H3,(H,12,13). The molecule has 84 valence electrons. The highest BCUT2D eigenvalue weighted by molar-refractivity contribution is 7.99. The SMILES string of the molecule is CCOCCSc1nnnn1CC(=O)O. The van der Waals surface area contributed by atoms with Crippen LogP contribution in [0, 0.1) is 0 Å². The van der Waals surface area contributed by atoms with Crippen molar-refractivity contribution in [3.8, 4) is 0 Å². The Morgan fingerprint density at radius 2 is 2.47 bits per heavy atom. The molecule has 7 nitrogen and oxygen atoms in total. The third kappa shape index (κ3) is 4.26. The second kappa shape index (κ2) is 6.36. The van der Waals surface area contributed by atoms with Crippen LogP contribution < -0.4 is 0 Å². The van der Waals surface area contributed by atoms with Crippen molar-refractivity contribution >= 4 is 17.7 Å². The van der Waals surface area contributed by atoms with Crippen molar-refractivity contribution < 1.29 is 14.6 Å². The number of aromatic nitrogens is 4. The molecule has 1 heterocycles. The molecule has 0 fully saturated rings. The summed E-state index contributed by atoms with van der Waals surface area (Å²) in [6, 6.07) is 0. The Balaban J connectivity index is 2.39. The van der Waals surface area contributed by atoms with Crippen LogP contribution >= 0.6 is 11.8 Å². The lowest BCUT2D eigenvalue weighted by atomic mass is 10.7. The molecule has 0 atom stereocenters. The van der Waals surface area contributed by atoms with Crippen LogP contribution in [0.2, 0.25) is 0 Å². The fourth-order valence-electron chi connectivity index (χ4n) is 0.863. The monoisotopic (exact) mass is 232 g/mol. The minimum Gasteiger partial charge on any atom is -0.480 e. The van der Waals surface area contributed by atoms with Crippen LogP contribution in [-0.2, 0) is 16.1 Å². The summed E-state index contributed by atoms with van der Waals surface area (Å²) in [5.74, 6) is -0.262. The molecule has 0 aliphatic heterocycles. The molecule has 0 aromatic carbocycles. The van der Waals surface area contributed by atoms with E-state index in [0.717, 1.165) is 0 Å². The number of ether oxygens (including phenoxy) is 1. The van der Waals surface area contributed by atoms with E-state index in [1.807, 2.05) is 6.92 Å². The van der Waals surface area contributed by atoms with Crippen LogP contribution in [0.3, 0.4) is 0 Å². The van der Waals surface area contributed by atoms with Gasteiger partial charge in [-0.15, -0.1) is 5.10 Å². The molecule has 0 saturated heterocycles. The highest BCUT2D eigenvalue weighted by Gasteiger charge is 2.09. The summed E-state index contributed by atoms with van der Waals surface area (Å²) in [6.07, 6.45) is 0. The number of hydrogen-bond donors (Lipinski definition) is 1. The van der Waals surface area contributed by atoms with Gasteiger partial charge in [0.25, 0.3) is 0 Å². The number of thioether (sulfide) groups is 1. The predicted octanol–water partition coefficient (Wildman–Crippen LogP) is -0.114. The van der Waals surface area contributed by atoms with Gasteiger partial charge in [0.2, 0.25) is 5.16 Å². The summed E-state index contributed by atoms with van der Waals surface area (Å²) in [4.78, 5) is 10.4. The molecule has 15 heavy (non-hydrogen) atoms. The van der Waals surface area contributed by atoms with E-state index in [1.165, 1.54) is 16.4 Å². The van der Waals surface area contributed by atoms with Gasteiger partial charge in [0.15, 0.2) is 0 Å². The Morgan fingerprint density at radius 3 is 3.13 bits per heavy atom. The lowest BCUT2D eigenvalue weighted by Gasteiger charge is -2.01. The Kier molecular flexibility index (Phi) is 5.05. The first kappa shape index (κ1) is 11.9. The zero-order chi connectivity index (χ0) is 11.1. The average molecular weight is 232 g/mol. The number of aliphatic carboxylic acids is 1. The number of carboxylic acid groups (broad SMARTS) is 1. The molecule has 0 saturated carbocycles. The van der Waals surface area contributed by atoms with E-state index in [-0.39, 0.29) is 6.54 Å². The maximum absolute atomic E-state index is 10.4. The van der Waals surface area contributed by atoms with E-state index in [0.29, 0.717) is 24.1 Å². The first-order valence-corrected chi connectivity index (χ1v) is 5.41. The van der Waals surface area contributed by atoms with Crippen LogP contribution in [-0.4, -0.2) is 50.2 Å². The molecule has 1 N–H and O–H groups in total. The minimum atomic E-state index is -0.964. The van der Waals surface area contributed by atoms with Crippen molar-refractivity contribution in [2.75, 3.05) is 19.0 Å². The number of tetrazole rings is 1.